The minimum atomic E-state index is -0.781. The molecule has 0 heterocycles. The fourth-order valence-electron chi connectivity index (χ4n) is 5.27. The Hall–Kier alpha value is -1.06. The van der Waals surface area contributed by atoms with Crippen LogP contribution in [0, 0.1) is 5.92 Å². The van der Waals surface area contributed by atoms with E-state index in [9.17, 15) is 14.7 Å². The molecule has 0 saturated carbocycles. The minimum absolute atomic E-state index is 0.0922. The molecule has 4 heteroatoms. The van der Waals surface area contributed by atoms with Crippen LogP contribution in [0.3, 0.4) is 0 Å². The molecule has 0 spiro atoms. The second-order valence-electron chi connectivity index (χ2n) is 10.4. The van der Waals surface area contributed by atoms with E-state index < -0.39 is 11.6 Å². The molecular weight excluding hydrogens is 424 g/mol. The van der Waals surface area contributed by atoms with Gasteiger partial charge in [-0.05, 0) is 25.7 Å². The SMILES string of the molecule is CCCCCCCCCCCC(=O)OC(CC)(CCC)C(CCCCCCCCC)CC(=O)O. The molecule has 0 aliphatic rings. The quantitative estimate of drug-likeness (QED) is 0.104. The summed E-state index contributed by atoms with van der Waals surface area (Å²) in [5.41, 5.74) is -0.633. The standard InChI is InChI=1S/C30H58O4/c1-5-9-11-13-15-16-18-20-22-24-29(33)34-30(8-4,25-7-3)27(26-28(31)32)23-21-19-17-14-12-10-6-2/h27H,5-26H2,1-4H3,(H,31,32). The molecule has 1 N–H and O–H groups in total. The van der Waals surface area contributed by atoms with Gasteiger partial charge in [-0.3, -0.25) is 9.59 Å². The Morgan fingerprint density at radius 1 is 0.676 bits per heavy atom. The highest BCUT2D eigenvalue weighted by molar-refractivity contribution is 5.70. The maximum absolute atomic E-state index is 12.8. The average molecular weight is 483 g/mol. The topological polar surface area (TPSA) is 63.6 Å². The van der Waals surface area contributed by atoms with Crippen LogP contribution in [0.2, 0.25) is 0 Å². The number of carbonyl (C=O) groups excluding carboxylic acids is 1. The van der Waals surface area contributed by atoms with Crippen molar-refractivity contribution in [1.82, 2.24) is 0 Å². The van der Waals surface area contributed by atoms with Gasteiger partial charge in [0.15, 0.2) is 0 Å². The van der Waals surface area contributed by atoms with E-state index in [1.54, 1.807) is 0 Å². The Morgan fingerprint density at radius 3 is 1.59 bits per heavy atom. The third-order valence-corrected chi connectivity index (χ3v) is 7.39. The van der Waals surface area contributed by atoms with E-state index in [1.165, 1.54) is 77.0 Å². The highest BCUT2D eigenvalue weighted by Gasteiger charge is 2.40. The van der Waals surface area contributed by atoms with Crippen LogP contribution < -0.4 is 0 Å². The van der Waals surface area contributed by atoms with E-state index in [0.29, 0.717) is 12.8 Å². The molecule has 4 nitrogen and oxygen atoms in total. The van der Waals surface area contributed by atoms with Crippen LogP contribution in [-0.2, 0) is 14.3 Å². The molecule has 0 aliphatic carbocycles. The largest absolute Gasteiger partial charge is 0.481 e. The normalized spacial score (nSPS) is 14.0. The summed E-state index contributed by atoms with van der Waals surface area (Å²) >= 11 is 0. The van der Waals surface area contributed by atoms with Crippen molar-refractivity contribution < 1.29 is 19.4 Å². The van der Waals surface area contributed by atoms with Gasteiger partial charge >= 0.3 is 11.9 Å². The summed E-state index contributed by atoms with van der Waals surface area (Å²) < 4.78 is 6.17. The maximum Gasteiger partial charge on any atom is 0.306 e. The molecule has 0 aromatic carbocycles. The molecule has 2 unspecified atom stereocenters. The zero-order valence-corrected chi connectivity index (χ0v) is 23.3. The number of esters is 1. The Morgan fingerprint density at radius 2 is 1.15 bits per heavy atom. The summed E-state index contributed by atoms with van der Waals surface area (Å²) in [6.45, 7) is 8.63. The molecule has 0 aliphatic heterocycles. The van der Waals surface area contributed by atoms with Gasteiger partial charge in [-0.1, -0.05) is 130 Å². The van der Waals surface area contributed by atoms with Crippen molar-refractivity contribution in [3.63, 3.8) is 0 Å². The highest BCUT2D eigenvalue weighted by Crippen LogP contribution is 2.37. The average Bonchev–Trinajstić information content (AvgIpc) is 2.81. The number of carboxylic acids is 1. The summed E-state index contributed by atoms with van der Waals surface area (Å²) in [5.74, 6) is -1.01. The third kappa shape index (κ3) is 16.5. The van der Waals surface area contributed by atoms with E-state index in [1.807, 2.05) is 0 Å². The lowest BCUT2D eigenvalue weighted by atomic mass is 9.76. The van der Waals surface area contributed by atoms with Crippen LogP contribution in [0.1, 0.15) is 169 Å². The van der Waals surface area contributed by atoms with Crippen LogP contribution in [-0.4, -0.2) is 22.6 Å². The fraction of sp³-hybridized carbons (Fsp3) is 0.933. The lowest BCUT2D eigenvalue weighted by Crippen LogP contribution is -2.43. The van der Waals surface area contributed by atoms with Crippen LogP contribution in [0.25, 0.3) is 0 Å². The molecule has 0 saturated heterocycles. The first-order valence-electron chi connectivity index (χ1n) is 14.9. The number of rotatable bonds is 25. The lowest BCUT2D eigenvalue weighted by molar-refractivity contribution is -0.172. The molecule has 0 aromatic heterocycles. The number of hydrogen-bond donors (Lipinski definition) is 1. The molecule has 0 amide bonds. The number of aliphatic carboxylic acids is 1. The van der Waals surface area contributed by atoms with Crippen LogP contribution in [0.15, 0.2) is 0 Å². The third-order valence-electron chi connectivity index (χ3n) is 7.39. The fourth-order valence-corrected chi connectivity index (χ4v) is 5.27. The summed E-state index contributed by atoms with van der Waals surface area (Å²) in [7, 11) is 0. The minimum Gasteiger partial charge on any atom is -0.481 e. The maximum atomic E-state index is 12.8. The second-order valence-corrected chi connectivity index (χ2v) is 10.4. The van der Waals surface area contributed by atoms with Gasteiger partial charge in [0.25, 0.3) is 0 Å². The molecule has 0 aromatic rings. The van der Waals surface area contributed by atoms with E-state index in [4.69, 9.17) is 4.74 Å². The van der Waals surface area contributed by atoms with Gasteiger partial charge < -0.3 is 9.84 Å². The van der Waals surface area contributed by atoms with E-state index in [0.717, 1.165) is 44.9 Å². The Kier molecular flexibility index (Phi) is 21.7. The van der Waals surface area contributed by atoms with Crippen LogP contribution in [0.4, 0.5) is 0 Å². The first kappa shape index (κ1) is 32.9. The van der Waals surface area contributed by atoms with Crippen molar-refractivity contribution in [1.29, 1.82) is 0 Å². The lowest BCUT2D eigenvalue weighted by Gasteiger charge is -2.39. The van der Waals surface area contributed by atoms with Crippen molar-refractivity contribution in [2.24, 2.45) is 5.92 Å². The number of unbranched alkanes of at least 4 members (excludes halogenated alkanes) is 14. The molecule has 2 atom stereocenters. The number of carbonyl (C=O) groups is 2. The predicted octanol–water partition coefficient (Wildman–Crippen LogP) is 9.63. The number of ether oxygens (including phenoxy) is 1. The van der Waals surface area contributed by atoms with E-state index in [2.05, 4.69) is 27.7 Å². The molecule has 202 valence electrons. The Labute approximate surface area is 212 Å². The number of carboxylic acid groups (broad SMARTS) is 1. The van der Waals surface area contributed by atoms with Gasteiger partial charge in [-0.15, -0.1) is 0 Å². The predicted molar refractivity (Wildman–Crippen MR) is 144 cm³/mol. The van der Waals surface area contributed by atoms with Crippen LogP contribution in [0.5, 0.6) is 0 Å². The molecule has 0 rings (SSSR count). The highest BCUT2D eigenvalue weighted by atomic mass is 16.6. The smallest absolute Gasteiger partial charge is 0.306 e. The van der Waals surface area contributed by atoms with Gasteiger partial charge in [0.2, 0.25) is 0 Å². The van der Waals surface area contributed by atoms with Gasteiger partial charge in [0, 0.05) is 12.3 Å². The van der Waals surface area contributed by atoms with Gasteiger partial charge in [0.05, 0.1) is 6.42 Å². The van der Waals surface area contributed by atoms with Gasteiger partial charge in [-0.2, -0.15) is 0 Å². The van der Waals surface area contributed by atoms with Crippen molar-refractivity contribution in [2.75, 3.05) is 0 Å². The van der Waals surface area contributed by atoms with Crippen molar-refractivity contribution in [3.05, 3.63) is 0 Å². The molecular formula is C30H58O4. The van der Waals surface area contributed by atoms with Crippen molar-refractivity contribution in [2.45, 2.75) is 175 Å². The number of hydrogen-bond acceptors (Lipinski definition) is 3. The Bertz CT molecular complexity index is 490. The summed E-state index contributed by atoms with van der Waals surface area (Å²) in [6.07, 6.45) is 23.2. The molecule has 34 heavy (non-hydrogen) atoms. The van der Waals surface area contributed by atoms with Crippen molar-refractivity contribution >= 4 is 11.9 Å². The Balaban J connectivity index is 4.65. The summed E-state index contributed by atoms with van der Waals surface area (Å²) in [6, 6.07) is 0. The van der Waals surface area contributed by atoms with Crippen LogP contribution >= 0.6 is 0 Å². The van der Waals surface area contributed by atoms with Gasteiger partial charge in [-0.25, -0.2) is 0 Å². The monoisotopic (exact) mass is 482 g/mol. The molecule has 0 bridgehead atoms. The summed E-state index contributed by atoms with van der Waals surface area (Å²) in [4.78, 5) is 24.5. The first-order chi connectivity index (χ1) is 16.5. The zero-order chi connectivity index (χ0) is 25.5. The van der Waals surface area contributed by atoms with Crippen molar-refractivity contribution in [3.8, 4) is 0 Å². The van der Waals surface area contributed by atoms with E-state index in [-0.39, 0.29) is 18.3 Å². The summed E-state index contributed by atoms with van der Waals surface area (Å²) in [5, 5.41) is 9.60. The van der Waals surface area contributed by atoms with E-state index >= 15 is 0 Å². The zero-order valence-electron chi connectivity index (χ0n) is 23.3. The van der Waals surface area contributed by atoms with Gasteiger partial charge in [0.1, 0.15) is 5.60 Å². The first-order valence-corrected chi connectivity index (χ1v) is 14.9. The molecule has 0 fully saturated rings. The molecule has 0 radical (unpaired) electrons. The second kappa shape index (κ2) is 22.4.